The van der Waals surface area contributed by atoms with Gasteiger partial charge >= 0.3 is 0 Å². The van der Waals surface area contributed by atoms with E-state index in [2.05, 4.69) is 6.07 Å². The molecular formula is C24H27NO5. The zero-order valence-electron chi connectivity index (χ0n) is 17.4. The van der Waals surface area contributed by atoms with Crippen molar-refractivity contribution in [1.82, 2.24) is 0 Å². The van der Waals surface area contributed by atoms with Crippen LogP contribution in [0.15, 0.2) is 35.3 Å². The Bertz CT molecular complexity index is 986. The summed E-state index contributed by atoms with van der Waals surface area (Å²) in [4.78, 5) is 5.18. The lowest BCUT2D eigenvalue weighted by Gasteiger charge is -2.38. The molecule has 30 heavy (non-hydrogen) atoms. The molecule has 3 unspecified atom stereocenters. The van der Waals surface area contributed by atoms with Crippen LogP contribution in [0.2, 0.25) is 0 Å². The molecule has 158 valence electrons. The summed E-state index contributed by atoms with van der Waals surface area (Å²) in [7, 11) is 1.65. The molecule has 0 spiro atoms. The number of para-hydroxylation sites is 1. The van der Waals surface area contributed by atoms with Gasteiger partial charge in [-0.2, -0.15) is 0 Å². The molecule has 0 bridgehead atoms. The van der Waals surface area contributed by atoms with Gasteiger partial charge in [0.2, 0.25) is 0 Å². The molecule has 2 heterocycles. The molecular weight excluding hydrogens is 382 g/mol. The van der Waals surface area contributed by atoms with Crippen LogP contribution in [-0.4, -0.2) is 49.9 Å². The van der Waals surface area contributed by atoms with E-state index in [0.29, 0.717) is 32.0 Å². The highest BCUT2D eigenvalue weighted by atomic mass is 16.6. The van der Waals surface area contributed by atoms with Gasteiger partial charge in [-0.1, -0.05) is 6.07 Å². The Morgan fingerprint density at radius 3 is 2.80 bits per heavy atom. The van der Waals surface area contributed by atoms with Gasteiger partial charge in [0, 0.05) is 17.0 Å². The summed E-state index contributed by atoms with van der Waals surface area (Å²) in [5.41, 5.74) is 3.99. The van der Waals surface area contributed by atoms with E-state index in [-0.39, 0.29) is 18.1 Å². The van der Waals surface area contributed by atoms with Gasteiger partial charge in [0.25, 0.3) is 0 Å². The van der Waals surface area contributed by atoms with Crippen LogP contribution in [0, 0.1) is 0 Å². The molecule has 0 saturated heterocycles. The van der Waals surface area contributed by atoms with Crippen LogP contribution in [0.1, 0.15) is 48.8 Å². The van der Waals surface area contributed by atoms with Gasteiger partial charge in [-0.25, -0.2) is 0 Å². The quantitative estimate of drug-likeness (QED) is 0.834. The van der Waals surface area contributed by atoms with Crippen LogP contribution in [0.4, 0.5) is 0 Å². The third kappa shape index (κ3) is 3.19. The molecule has 2 aromatic rings. The van der Waals surface area contributed by atoms with Crippen LogP contribution in [0.25, 0.3) is 0 Å². The Morgan fingerprint density at radius 1 is 1.10 bits per heavy atom. The average molecular weight is 409 g/mol. The van der Waals surface area contributed by atoms with E-state index >= 15 is 0 Å². The van der Waals surface area contributed by atoms with Crippen LogP contribution < -0.4 is 18.9 Å². The first-order chi connectivity index (χ1) is 14.7. The van der Waals surface area contributed by atoms with Crippen molar-refractivity contribution in [3.63, 3.8) is 0 Å². The van der Waals surface area contributed by atoms with Crippen molar-refractivity contribution >= 4 is 5.71 Å². The highest BCUT2D eigenvalue weighted by Crippen LogP contribution is 2.46. The number of hydrogen-bond donors (Lipinski definition) is 1. The van der Waals surface area contributed by atoms with Crippen LogP contribution in [0.3, 0.4) is 0 Å². The maximum absolute atomic E-state index is 10.3. The van der Waals surface area contributed by atoms with E-state index in [9.17, 15) is 5.11 Å². The molecule has 2 aromatic carbocycles. The van der Waals surface area contributed by atoms with Crippen molar-refractivity contribution in [2.75, 3.05) is 26.9 Å². The molecule has 1 N–H and O–H groups in total. The highest BCUT2D eigenvalue weighted by molar-refractivity contribution is 6.16. The second-order valence-corrected chi connectivity index (χ2v) is 7.97. The van der Waals surface area contributed by atoms with E-state index < -0.39 is 0 Å². The number of ether oxygens (including phenoxy) is 4. The minimum Gasteiger partial charge on any atom is -0.493 e. The lowest BCUT2D eigenvalue weighted by atomic mass is 9.74. The van der Waals surface area contributed by atoms with Gasteiger partial charge in [-0.05, 0) is 56.0 Å². The number of rotatable bonds is 4. The summed E-state index contributed by atoms with van der Waals surface area (Å²) in [5.74, 6) is 3.07. The van der Waals surface area contributed by atoms with Crippen molar-refractivity contribution in [1.29, 1.82) is 0 Å². The third-order valence-corrected chi connectivity index (χ3v) is 6.19. The van der Waals surface area contributed by atoms with E-state index in [4.69, 9.17) is 23.9 Å². The number of aliphatic imine (C=N–C) groups is 1. The Morgan fingerprint density at radius 2 is 1.97 bits per heavy atom. The summed E-state index contributed by atoms with van der Waals surface area (Å²) in [6.07, 6.45) is 2.04. The molecule has 6 nitrogen and oxygen atoms in total. The number of fused-ring (bicyclic) bond motifs is 4. The Balaban J connectivity index is 1.70. The molecule has 6 heteroatoms. The van der Waals surface area contributed by atoms with Gasteiger partial charge in [-0.3, -0.25) is 4.99 Å². The molecule has 1 saturated carbocycles. The molecule has 3 atom stereocenters. The largest absolute Gasteiger partial charge is 0.493 e. The Kier molecular flexibility index (Phi) is 5.03. The van der Waals surface area contributed by atoms with Gasteiger partial charge in [0.15, 0.2) is 23.0 Å². The molecule has 1 fully saturated rings. The molecule has 0 amide bonds. The maximum Gasteiger partial charge on any atom is 0.170 e. The monoisotopic (exact) mass is 409 g/mol. The summed E-state index contributed by atoms with van der Waals surface area (Å²) >= 11 is 0. The number of benzene rings is 2. The SMILES string of the molecule is CCOc1cc2c(cc1OC)C(c1cccc3c1OCCO3)=NC1CCC(O)CC21. The maximum atomic E-state index is 10.3. The number of nitrogens with zero attached hydrogens (tertiary/aromatic N) is 1. The molecule has 0 radical (unpaired) electrons. The standard InChI is InChI=1S/C24H27NO5/c1-3-28-22-12-16-17-11-14(26)7-8-19(17)25-23(18(16)13-21(22)27-2)15-5-4-6-20-24(15)30-10-9-29-20/h4-6,12-14,17,19,26H,3,7-11H2,1-2H3. The second-order valence-electron chi connectivity index (χ2n) is 7.97. The third-order valence-electron chi connectivity index (χ3n) is 6.19. The number of methoxy groups -OCH3 is 1. The van der Waals surface area contributed by atoms with Gasteiger partial charge in [-0.15, -0.1) is 0 Å². The minimum atomic E-state index is -0.297. The summed E-state index contributed by atoms with van der Waals surface area (Å²) in [5, 5.41) is 10.3. The predicted octanol–water partition coefficient (Wildman–Crippen LogP) is 3.71. The lowest BCUT2D eigenvalue weighted by molar-refractivity contribution is 0.111. The Hall–Kier alpha value is -2.73. The van der Waals surface area contributed by atoms with Crippen molar-refractivity contribution in [3.8, 4) is 23.0 Å². The number of hydrogen-bond acceptors (Lipinski definition) is 6. The zero-order chi connectivity index (χ0) is 20.7. The topological polar surface area (TPSA) is 69.5 Å². The molecule has 0 aromatic heterocycles. The smallest absolute Gasteiger partial charge is 0.170 e. The second kappa shape index (κ2) is 7.84. The van der Waals surface area contributed by atoms with E-state index in [1.54, 1.807) is 7.11 Å². The Labute approximate surface area is 176 Å². The molecule has 3 aliphatic rings. The highest BCUT2D eigenvalue weighted by Gasteiger charge is 2.38. The van der Waals surface area contributed by atoms with Gasteiger partial charge < -0.3 is 24.1 Å². The van der Waals surface area contributed by atoms with E-state index in [0.717, 1.165) is 52.5 Å². The van der Waals surface area contributed by atoms with Crippen molar-refractivity contribution in [2.45, 2.75) is 44.2 Å². The fraction of sp³-hybridized carbons (Fsp3) is 0.458. The summed E-state index contributed by atoms with van der Waals surface area (Å²) < 4.78 is 23.3. The average Bonchev–Trinajstić information content (AvgIpc) is 2.78. The minimum absolute atomic E-state index is 0.124. The zero-order valence-corrected chi connectivity index (χ0v) is 17.4. The summed E-state index contributed by atoms with van der Waals surface area (Å²) in [6.45, 7) is 3.60. The van der Waals surface area contributed by atoms with Crippen molar-refractivity contribution in [2.24, 2.45) is 4.99 Å². The van der Waals surface area contributed by atoms with Gasteiger partial charge in [0.05, 0.1) is 31.6 Å². The van der Waals surface area contributed by atoms with Crippen LogP contribution in [0.5, 0.6) is 23.0 Å². The van der Waals surface area contributed by atoms with Crippen molar-refractivity contribution < 1.29 is 24.1 Å². The fourth-order valence-electron chi connectivity index (χ4n) is 4.85. The fourth-order valence-corrected chi connectivity index (χ4v) is 4.85. The lowest BCUT2D eigenvalue weighted by Crippen LogP contribution is -2.34. The number of aliphatic hydroxyl groups is 1. The first kappa shape index (κ1) is 19.2. The summed E-state index contributed by atoms with van der Waals surface area (Å²) in [6, 6.07) is 10.2. The molecule has 5 rings (SSSR count). The molecule has 1 aliphatic carbocycles. The van der Waals surface area contributed by atoms with Crippen LogP contribution in [-0.2, 0) is 0 Å². The van der Waals surface area contributed by atoms with Crippen LogP contribution >= 0.6 is 0 Å². The van der Waals surface area contributed by atoms with E-state index in [1.807, 2.05) is 31.2 Å². The normalized spacial score (nSPS) is 24.4. The van der Waals surface area contributed by atoms with Crippen molar-refractivity contribution in [3.05, 3.63) is 47.0 Å². The predicted molar refractivity (Wildman–Crippen MR) is 114 cm³/mol. The van der Waals surface area contributed by atoms with E-state index in [1.165, 1.54) is 0 Å². The first-order valence-corrected chi connectivity index (χ1v) is 10.7. The van der Waals surface area contributed by atoms with Gasteiger partial charge in [0.1, 0.15) is 13.2 Å². The number of aliphatic hydroxyl groups excluding tert-OH is 1. The first-order valence-electron chi connectivity index (χ1n) is 10.7. The molecule has 2 aliphatic heterocycles.